The summed E-state index contributed by atoms with van der Waals surface area (Å²) in [6, 6.07) is 7.91. The van der Waals surface area contributed by atoms with Crippen molar-refractivity contribution >= 4 is 5.91 Å². The van der Waals surface area contributed by atoms with Crippen LogP contribution in [0.5, 0.6) is 0 Å². The van der Waals surface area contributed by atoms with E-state index in [1.165, 1.54) is 0 Å². The molecule has 0 bridgehead atoms. The van der Waals surface area contributed by atoms with Gasteiger partial charge in [-0.3, -0.25) is 9.36 Å². The van der Waals surface area contributed by atoms with Crippen LogP contribution in [0.4, 0.5) is 0 Å². The lowest BCUT2D eigenvalue weighted by Crippen LogP contribution is -2.36. The van der Waals surface area contributed by atoms with Crippen LogP contribution in [0, 0.1) is 0 Å². The van der Waals surface area contributed by atoms with Crippen LogP contribution in [-0.4, -0.2) is 38.9 Å². The summed E-state index contributed by atoms with van der Waals surface area (Å²) in [5, 5.41) is 10.6. The highest BCUT2D eigenvalue weighted by molar-refractivity contribution is 5.79. The number of nitrogens with zero attached hydrogens (tertiary/aromatic N) is 3. The van der Waals surface area contributed by atoms with Crippen molar-refractivity contribution in [3.8, 4) is 5.69 Å². The predicted octanol–water partition coefficient (Wildman–Crippen LogP) is 1.49. The molecule has 116 valence electrons. The van der Waals surface area contributed by atoms with E-state index in [1.54, 1.807) is 12.7 Å². The van der Waals surface area contributed by atoms with E-state index in [-0.39, 0.29) is 17.6 Å². The molecule has 1 unspecified atom stereocenters. The summed E-state index contributed by atoms with van der Waals surface area (Å²) in [4.78, 5) is 12.1. The number of rotatable bonds is 4. The molecule has 2 aromatic rings. The molecule has 1 aromatic heterocycles. The second-order valence-electron chi connectivity index (χ2n) is 6.25. The molecule has 1 atom stereocenters. The van der Waals surface area contributed by atoms with Crippen molar-refractivity contribution in [2.75, 3.05) is 6.61 Å². The normalized spacial score (nSPS) is 20.0. The Labute approximate surface area is 129 Å². The number of nitrogens with one attached hydrogen (secondary N) is 1. The number of hydrogen-bond acceptors (Lipinski definition) is 4. The fourth-order valence-corrected chi connectivity index (χ4v) is 2.71. The highest BCUT2D eigenvalue weighted by atomic mass is 16.5. The van der Waals surface area contributed by atoms with E-state index in [4.69, 9.17) is 4.74 Å². The van der Waals surface area contributed by atoms with Crippen LogP contribution in [0.2, 0.25) is 0 Å². The van der Waals surface area contributed by atoms with Crippen molar-refractivity contribution in [2.45, 2.75) is 38.3 Å². The standard InChI is InChI=1S/C16H20N4O2/c1-16(2)8-13(9-22-16)19-15(21)7-12-3-5-14(6-4-12)20-10-17-18-11-20/h3-6,10-11,13H,7-9H2,1-2H3,(H,19,21). The van der Waals surface area contributed by atoms with Gasteiger partial charge in [0, 0.05) is 5.69 Å². The van der Waals surface area contributed by atoms with E-state index in [1.807, 2.05) is 42.7 Å². The Hall–Kier alpha value is -2.21. The van der Waals surface area contributed by atoms with Crippen LogP contribution in [0.1, 0.15) is 25.8 Å². The SMILES string of the molecule is CC1(C)CC(NC(=O)Cc2ccc(-n3cnnc3)cc2)CO1. The lowest BCUT2D eigenvalue weighted by Gasteiger charge is -2.16. The predicted molar refractivity (Wildman–Crippen MR) is 81.6 cm³/mol. The molecule has 1 saturated heterocycles. The van der Waals surface area contributed by atoms with Gasteiger partial charge in [0.2, 0.25) is 5.91 Å². The second-order valence-corrected chi connectivity index (χ2v) is 6.25. The van der Waals surface area contributed by atoms with Gasteiger partial charge < -0.3 is 10.1 Å². The molecule has 1 fully saturated rings. The molecule has 1 aromatic carbocycles. The van der Waals surface area contributed by atoms with Crippen LogP contribution in [0.3, 0.4) is 0 Å². The zero-order valence-electron chi connectivity index (χ0n) is 12.8. The first-order chi connectivity index (χ1) is 10.5. The monoisotopic (exact) mass is 300 g/mol. The summed E-state index contributed by atoms with van der Waals surface area (Å²) < 4.78 is 7.45. The number of hydrogen-bond donors (Lipinski definition) is 1. The molecule has 1 N–H and O–H groups in total. The van der Waals surface area contributed by atoms with Crippen LogP contribution >= 0.6 is 0 Å². The zero-order chi connectivity index (χ0) is 15.6. The molecule has 6 heteroatoms. The van der Waals surface area contributed by atoms with E-state index in [0.717, 1.165) is 17.7 Å². The molecule has 6 nitrogen and oxygen atoms in total. The average molecular weight is 300 g/mol. The van der Waals surface area contributed by atoms with Gasteiger partial charge in [-0.15, -0.1) is 10.2 Å². The number of aromatic nitrogens is 3. The van der Waals surface area contributed by atoms with Crippen LogP contribution < -0.4 is 5.32 Å². The van der Waals surface area contributed by atoms with Crippen molar-refractivity contribution in [3.05, 3.63) is 42.5 Å². The third-order valence-electron chi connectivity index (χ3n) is 3.80. The maximum Gasteiger partial charge on any atom is 0.224 e. The zero-order valence-corrected chi connectivity index (χ0v) is 12.8. The highest BCUT2D eigenvalue weighted by Crippen LogP contribution is 2.24. The fourth-order valence-electron chi connectivity index (χ4n) is 2.71. The number of ether oxygens (including phenoxy) is 1. The minimum Gasteiger partial charge on any atom is -0.373 e. The Balaban J connectivity index is 1.56. The molecule has 3 rings (SSSR count). The largest absolute Gasteiger partial charge is 0.373 e. The van der Waals surface area contributed by atoms with Crippen molar-refractivity contribution in [1.29, 1.82) is 0 Å². The number of benzene rings is 1. The quantitative estimate of drug-likeness (QED) is 0.929. The Bertz CT molecular complexity index is 635. The Morgan fingerprint density at radius 1 is 1.32 bits per heavy atom. The summed E-state index contributed by atoms with van der Waals surface area (Å²) in [6.45, 7) is 4.68. The van der Waals surface area contributed by atoms with Gasteiger partial charge in [-0.2, -0.15) is 0 Å². The maximum absolute atomic E-state index is 12.1. The van der Waals surface area contributed by atoms with Gasteiger partial charge in [0.05, 0.1) is 24.7 Å². The first-order valence-corrected chi connectivity index (χ1v) is 7.39. The molecule has 0 spiro atoms. The van der Waals surface area contributed by atoms with Crippen molar-refractivity contribution in [1.82, 2.24) is 20.1 Å². The molecular formula is C16H20N4O2. The summed E-state index contributed by atoms with van der Waals surface area (Å²) in [5.74, 6) is 0.0309. The summed E-state index contributed by atoms with van der Waals surface area (Å²) in [7, 11) is 0. The van der Waals surface area contributed by atoms with E-state index in [9.17, 15) is 4.79 Å². The lowest BCUT2D eigenvalue weighted by molar-refractivity contribution is -0.121. The van der Waals surface area contributed by atoms with Crippen molar-refractivity contribution < 1.29 is 9.53 Å². The lowest BCUT2D eigenvalue weighted by atomic mass is 10.0. The third kappa shape index (κ3) is 3.51. The number of carbonyl (C=O) groups excluding carboxylic acids is 1. The first kappa shape index (κ1) is 14.7. The molecule has 1 amide bonds. The molecule has 0 radical (unpaired) electrons. The van der Waals surface area contributed by atoms with Crippen LogP contribution in [-0.2, 0) is 16.0 Å². The van der Waals surface area contributed by atoms with E-state index >= 15 is 0 Å². The smallest absolute Gasteiger partial charge is 0.224 e. The second kappa shape index (κ2) is 5.88. The number of amides is 1. The van der Waals surface area contributed by atoms with Gasteiger partial charge in [0.1, 0.15) is 12.7 Å². The van der Waals surface area contributed by atoms with Gasteiger partial charge in [0.15, 0.2) is 0 Å². The fraction of sp³-hybridized carbons (Fsp3) is 0.438. The molecule has 22 heavy (non-hydrogen) atoms. The molecule has 2 heterocycles. The summed E-state index contributed by atoms with van der Waals surface area (Å²) in [6.07, 6.45) is 4.51. The Morgan fingerprint density at radius 3 is 2.59 bits per heavy atom. The minimum atomic E-state index is -0.140. The van der Waals surface area contributed by atoms with Gasteiger partial charge in [-0.1, -0.05) is 12.1 Å². The molecular weight excluding hydrogens is 280 g/mol. The molecule has 0 saturated carbocycles. The van der Waals surface area contributed by atoms with Gasteiger partial charge in [-0.25, -0.2) is 0 Å². The molecule has 1 aliphatic rings. The van der Waals surface area contributed by atoms with Crippen LogP contribution in [0.25, 0.3) is 5.69 Å². The Kier molecular flexibility index (Phi) is 3.94. The van der Waals surface area contributed by atoms with Gasteiger partial charge in [-0.05, 0) is 38.0 Å². The maximum atomic E-state index is 12.1. The summed E-state index contributed by atoms with van der Waals surface area (Å²) >= 11 is 0. The van der Waals surface area contributed by atoms with Gasteiger partial charge in [0.25, 0.3) is 0 Å². The van der Waals surface area contributed by atoms with Crippen molar-refractivity contribution in [3.63, 3.8) is 0 Å². The topological polar surface area (TPSA) is 69.0 Å². The van der Waals surface area contributed by atoms with Crippen molar-refractivity contribution in [2.24, 2.45) is 0 Å². The third-order valence-corrected chi connectivity index (χ3v) is 3.80. The summed E-state index contributed by atoms with van der Waals surface area (Å²) in [5.41, 5.74) is 1.81. The average Bonchev–Trinajstić information content (AvgIpc) is 3.09. The van der Waals surface area contributed by atoms with Gasteiger partial charge >= 0.3 is 0 Å². The molecule has 1 aliphatic heterocycles. The highest BCUT2D eigenvalue weighted by Gasteiger charge is 2.32. The molecule has 0 aliphatic carbocycles. The Morgan fingerprint density at radius 2 is 2.00 bits per heavy atom. The number of carbonyl (C=O) groups is 1. The minimum absolute atomic E-state index is 0.0309. The van der Waals surface area contributed by atoms with E-state index in [2.05, 4.69) is 15.5 Å². The first-order valence-electron chi connectivity index (χ1n) is 7.39. The van der Waals surface area contributed by atoms with Crippen LogP contribution in [0.15, 0.2) is 36.9 Å². The van der Waals surface area contributed by atoms with E-state index in [0.29, 0.717) is 13.0 Å². The van der Waals surface area contributed by atoms with E-state index < -0.39 is 0 Å².